The molecule has 0 saturated heterocycles. The molecule has 0 aliphatic carbocycles. The van der Waals surface area contributed by atoms with Gasteiger partial charge in [-0.2, -0.15) is 0 Å². The smallest absolute Gasteiger partial charge is 0.374 e. The molecule has 0 heterocycles. The van der Waals surface area contributed by atoms with Gasteiger partial charge in [-0.1, -0.05) is 190 Å². The van der Waals surface area contributed by atoms with E-state index >= 15 is 0 Å². The second-order valence-corrected chi connectivity index (χ2v) is 16.1. The lowest BCUT2D eigenvalue weighted by Gasteiger charge is -2.28. The Hall–Kier alpha value is 0.827. The highest BCUT2D eigenvalue weighted by molar-refractivity contribution is 14.1. The lowest BCUT2D eigenvalue weighted by molar-refractivity contribution is 0.0706. The third-order valence-electron chi connectivity index (χ3n) is 8.46. The molecule has 0 aromatic carbocycles. The number of unbranched alkanes of at least 4 members (excludes halogenated alkanes) is 27. The number of hydrogen-bond donors (Lipinski definition) is 0. The van der Waals surface area contributed by atoms with Crippen molar-refractivity contribution in [1.82, 2.24) is 0 Å². The maximum absolute atomic E-state index is 5.97. The Labute approximate surface area is 274 Å². The normalized spacial score (nSPS) is 12.0. The number of rotatable bonds is 36. The van der Waals surface area contributed by atoms with E-state index in [0.717, 1.165) is 6.04 Å². The van der Waals surface area contributed by atoms with E-state index in [0.29, 0.717) is 19.8 Å². The molecule has 0 atom stereocenters. The molecule has 0 bridgehead atoms. The minimum Gasteiger partial charge on any atom is -0.374 e. The highest BCUT2D eigenvalue weighted by Gasteiger charge is 2.39. The van der Waals surface area contributed by atoms with Gasteiger partial charge in [-0.05, 0) is 38.0 Å². The molecule has 0 spiro atoms. The van der Waals surface area contributed by atoms with Gasteiger partial charge in [0.15, 0.2) is 0 Å². The molecule has 0 aliphatic heterocycles. The topological polar surface area (TPSA) is 27.7 Å². The molecule has 3 nitrogen and oxygen atoms in total. The number of alkyl halides is 1. The summed E-state index contributed by atoms with van der Waals surface area (Å²) in [7, 11) is -2.42. The van der Waals surface area contributed by atoms with Crippen LogP contribution >= 0.6 is 22.6 Å². The third-order valence-corrected chi connectivity index (χ3v) is 12.4. The monoisotopic (exact) mass is 710 g/mol. The van der Waals surface area contributed by atoms with Crippen LogP contribution in [0.5, 0.6) is 0 Å². The van der Waals surface area contributed by atoms with E-state index in [4.69, 9.17) is 13.3 Å². The van der Waals surface area contributed by atoms with Crippen LogP contribution in [0.1, 0.15) is 201 Å². The zero-order chi connectivity index (χ0) is 30.0. The van der Waals surface area contributed by atoms with Crippen LogP contribution in [0.4, 0.5) is 0 Å². The molecule has 0 aliphatic rings. The second kappa shape index (κ2) is 35.3. The molecule has 0 saturated carbocycles. The van der Waals surface area contributed by atoms with Crippen molar-refractivity contribution in [3.05, 3.63) is 0 Å². The average Bonchev–Trinajstić information content (AvgIpc) is 2.97. The number of hydrogen-bond acceptors (Lipinski definition) is 3. The predicted octanol–water partition coefficient (Wildman–Crippen LogP) is 13.4. The van der Waals surface area contributed by atoms with Gasteiger partial charge < -0.3 is 13.3 Å². The van der Waals surface area contributed by atoms with Gasteiger partial charge >= 0.3 is 8.80 Å². The van der Waals surface area contributed by atoms with E-state index in [1.807, 2.05) is 20.8 Å². The van der Waals surface area contributed by atoms with Gasteiger partial charge in [0.05, 0.1) is 0 Å². The quantitative estimate of drug-likeness (QED) is 0.0280. The van der Waals surface area contributed by atoms with E-state index in [-0.39, 0.29) is 0 Å². The van der Waals surface area contributed by atoms with Gasteiger partial charge in [0.1, 0.15) is 0 Å². The lowest BCUT2D eigenvalue weighted by atomic mass is 10.0. The molecule has 0 fully saturated rings. The summed E-state index contributed by atoms with van der Waals surface area (Å²) in [5, 5.41) is 0. The molecular weight excluding hydrogens is 635 g/mol. The highest BCUT2D eigenvalue weighted by atomic mass is 127. The fourth-order valence-electron chi connectivity index (χ4n) is 6.03. The summed E-state index contributed by atoms with van der Waals surface area (Å²) in [6, 6.07) is 0.974. The third kappa shape index (κ3) is 30.6. The van der Waals surface area contributed by atoms with Gasteiger partial charge in [0.25, 0.3) is 0 Å². The Bertz CT molecular complexity index is 463. The first-order valence-electron chi connectivity index (χ1n) is 18.7. The minimum atomic E-state index is -2.42. The van der Waals surface area contributed by atoms with E-state index in [2.05, 4.69) is 22.6 Å². The Morgan fingerprint density at radius 3 is 0.707 bits per heavy atom. The van der Waals surface area contributed by atoms with Gasteiger partial charge in [-0.25, -0.2) is 0 Å². The molecule has 248 valence electrons. The molecule has 5 heteroatoms. The molecule has 0 amide bonds. The minimum absolute atomic E-state index is 0.686. The number of halogens is 1. The Kier molecular flexibility index (Phi) is 36.0. The fraction of sp³-hybridized carbons (Fsp3) is 1.00. The summed E-state index contributed by atoms with van der Waals surface area (Å²) in [6.07, 6.45) is 40.3. The first-order valence-corrected chi connectivity index (χ1v) is 22.2. The van der Waals surface area contributed by atoms with Gasteiger partial charge in [0.2, 0.25) is 0 Å². The lowest BCUT2D eigenvalue weighted by Crippen LogP contribution is -2.45. The summed E-state index contributed by atoms with van der Waals surface area (Å²) in [5.74, 6) is 0. The van der Waals surface area contributed by atoms with Crippen LogP contribution in [-0.4, -0.2) is 33.1 Å². The fourth-order valence-corrected chi connectivity index (χ4v) is 9.26. The van der Waals surface area contributed by atoms with Crippen LogP contribution in [-0.2, 0) is 13.3 Å². The van der Waals surface area contributed by atoms with Crippen molar-refractivity contribution in [2.45, 2.75) is 207 Å². The molecular formula is C36H75IO3Si. The highest BCUT2D eigenvalue weighted by Crippen LogP contribution is 2.21. The van der Waals surface area contributed by atoms with Crippen molar-refractivity contribution in [3.63, 3.8) is 0 Å². The molecule has 0 radical (unpaired) electrons. The molecule has 0 rings (SSSR count). The van der Waals surface area contributed by atoms with Crippen LogP contribution in [0.15, 0.2) is 0 Å². The first-order chi connectivity index (χ1) is 20.2. The largest absolute Gasteiger partial charge is 0.500 e. The summed E-state index contributed by atoms with van der Waals surface area (Å²) in [6.45, 7) is 8.19. The second-order valence-electron chi connectivity index (χ2n) is 12.3. The van der Waals surface area contributed by atoms with Crippen LogP contribution < -0.4 is 0 Å². The van der Waals surface area contributed by atoms with Gasteiger partial charge in [-0.3, -0.25) is 0 Å². The molecule has 41 heavy (non-hydrogen) atoms. The average molecular weight is 711 g/mol. The zero-order valence-corrected chi connectivity index (χ0v) is 31.6. The maximum atomic E-state index is 5.97. The van der Waals surface area contributed by atoms with E-state index in [1.54, 1.807) is 0 Å². The van der Waals surface area contributed by atoms with Crippen molar-refractivity contribution in [2.75, 3.05) is 24.2 Å². The summed E-state index contributed by atoms with van der Waals surface area (Å²) >= 11 is 2.50. The van der Waals surface area contributed by atoms with E-state index < -0.39 is 8.80 Å². The maximum Gasteiger partial charge on any atom is 0.500 e. The Morgan fingerprint density at radius 2 is 0.512 bits per heavy atom. The van der Waals surface area contributed by atoms with Crippen molar-refractivity contribution in [2.24, 2.45) is 0 Å². The van der Waals surface area contributed by atoms with Crippen LogP contribution in [0.2, 0.25) is 6.04 Å². The molecule has 0 aromatic rings. The van der Waals surface area contributed by atoms with E-state index in [1.165, 1.54) is 184 Å². The van der Waals surface area contributed by atoms with Crippen molar-refractivity contribution in [1.29, 1.82) is 0 Å². The Balaban J connectivity index is 3.25. The summed E-state index contributed by atoms with van der Waals surface area (Å²) < 4.78 is 19.2. The molecule has 0 aromatic heterocycles. The zero-order valence-electron chi connectivity index (χ0n) is 28.4. The SMILES string of the molecule is CCO[Si](CCCCCCCCCCCCCCCCCCCCCCCCCCCCCCI)(OCC)OCC. The van der Waals surface area contributed by atoms with Crippen LogP contribution in [0, 0.1) is 0 Å². The van der Waals surface area contributed by atoms with Crippen molar-refractivity contribution >= 4 is 31.4 Å². The van der Waals surface area contributed by atoms with E-state index in [9.17, 15) is 0 Å². The van der Waals surface area contributed by atoms with Crippen LogP contribution in [0.3, 0.4) is 0 Å². The van der Waals surface area contributed by atoms with Crippen LogP contribution in [0.25, 0.3) is 0 Å². The van der Waals surface area contributed by atoms with Gasteiger partial charge in [0, 0.05) is 25.9 Å². The predicted molar refractivity (Wildman–Crippen MR) is 194 cm³/mol. The summed E-state index contributed by atoms with van der Waals surface area (Å²) in [4.78, 5) is 0. The standard InChI is InChI=1S/C36H75IO3Si/c1-4-38-41(39-5-2,40-6-3)36-34-32-30-28-26-24-22-20-18-16-14-12-10-8-7-9-11-13-15-17-19-21-23-25-27-29-31-33-35-37/h4-36H2,1-3H3. The molecule has 0 unspecified atom stereocenters. The summed E-state index contributed by atoms with van der Waals surface area (Å²) in [5.41, 5.74) is 0. The molecule has 0 N–H and O–H groups in total. The van der Waals surface area contributed by atoms with Crippen molar-refractivity contribution < 1.29 is 13.3 Å². The Morgan fingerprint density at radius 1 is 0.317 bits per heavy atom. The van der Waals surface area contributed by atoms with Crippen molar-refractivity contribution in [3.8, 4) is 0 Å². The van der Waals surface area contributed by atoms with Gasteiger partial charge in [-0.15, -0.1) is 0 Å². The first kappa shape index (κ1) is 41.8.